The molecule has 46 heavy (non-hydrogen) atoms. The molecule has 2 saturated heterocycles. The van der Waals surface area contributed by atoms with Gasteiger partial charge in [0.1, 0.15) is 28.7 Å². The molecular formula is C33H31BrFN7O4. The van der Waals surface area contributed by atoms with E-state index in [1.807, 2.05) is 32.9 Å². The number of hydrogen-bond acceptors (Lipinski definition) is 8. The Labute approximate surface area is 273 Å². The number of rotatable bonds is 7. The number of anilines is 1. The normalized spacial score (nSPS) is 20.3. The standard InChI is InChI=1S/C33H31BrFN7O4/c1-6-24-18(3)10-25(31(45)39-30-17(2)7-8-26(34)38-30)42(24)27(44)14-41-29-19(4)9-21(11-23(29)28(40-41)20(5)43)22-12-36-32(37-13-22)33(35)15-46-16-33/h1,7-9,11-13,18,24-25H,10,14-16H2,2-5H3,(H,38,39,45)/t18-,24+,25-/m0/s1. The van der Waals surface area contributed by atoms with Crippen LogP contribution in [0.15, 0.2) is 41.3 Å². The van der Waals surface area contributed by atoms with E-state index in [1.54, 1.807) is 12.1 Å². The van der Waals surface area contributed by atoms with Crippen LogP contribution in [0.4, 0.5) is 10.2 Å². The molecule has 3 aromatic heterocycles. The predicted molar refractivity (Wildman–Crippen MR) is 171 cm³/mol. The average molecular weight is 689 g/mol. The third kappa shape index (κ3) is 5.56. The van der Waals surface area contributed by atoms with Gasteiger partial charge in [0.2, 0.25) is 17.5 Å². The maximum absolute atomic E-state index is 14.7. The van der Waals surface area contributed by atoms with Gasteiger partial charge in [-0.15, -0.1) is 6.42 Å². The number of amides is 2. The number of aryl methyl sites for hydroxylation is 2. The van der Waals surface area contributed by atoms with Gasteiger partial charge in [0.05, 0.1) is 24.8 Å². The molecule has 2 aliphatic heterocycles. The summed E-state index contributed by atoms with van der Waals surface area (Å²) >= 11 is 3.33. The minimum Gasteiger partial charge on any atom is -0.374 e. The highest BCUT2D eigenvalue weighted by Crippen LogP contribution is 2.35. The first-order valence-corrected chi connectivity index (χ1v) is 15.5. The summed E-state index contributed by atoms with van der Waals surface area (Å²) in [5.41, 5.74) is 1.94. The van der Waals surface area contributed by atoms with E-state index in [0.717, 1.165) is 11.1 Å². The monoisotopic (exact) mass is 687 g/mol. The molecule has 13 heteroatoms. The molecule has 11 nitrogen and oxygen atoms in total. The van der Waals surface area contributed by atoms with E-state index in [4.69, 9.17) is 11.2 Å². The number of carbonyl (C=O) groups is 3. The number of fused-ring (bicyclic) bond motifs is 1. The minimum absolute atomic E-state index is 0.0626. The maximum Gasteiger partial charge on any atom is 0.248 e. The molecule has 0 bridgehead atoms. The number of alkyl halides is 1. The Bertz CT molecular complexity index is 1930. The Morgan fingerprint density at radius 3 is 2.50 bits per heavy atom. The van der Waals surface area contributed by atoms with Crippen molar-refractivity contribution in [3.63, 3.8) is 0 Å². The molecule has 4 aromatic rings. The van der Waals surface area contributed by atoms with Crippen LogP contribution in [0.1, 0.15) is 47.7 Å². The molecule has 2 fully saturated rings. The zero-order valence-corrected chi connectivity index (χ0v) is 27.3. The van der Waals surface area contributed by atoms with Crippen molar-refractivity contribution < 1.29 is 23.5 Å². The highest BCUT2D eigenvalue weighted by atomic mass is 79.9. The van der Waals surface area contributed by atoms with Gasteiger partial charge >= 0.3 is 0 Å². The van der Waals surface area contributed by atoms with Gasteiger partial charge in [-0.05, 0) is 77.0 Å². The van der Waals surface area contributed by atoms with Crippen molar-refractivity contribution in [1.29, 1.82) is 0 Å². The topological polar surface area (TPSA) is 132 Å². The van der Waals surface area contributed by atoms with Crippen LogP contribution in [0.25, 0.3) is 22.0 Å². The lowest BCUT2D eigenvalue weighted by Gasteiger charge is -2.31. The van der Waals surface area contributed by atoms with E-state index >= 15 is 0 Å². The number of ether oxygens (including phenoxy) is 1. The van der Waals surface area contributed by atoms with Crippen molar-refractivity contribution >= 4 is 50.2 Å². The fraction of sp³-hybridized carbons (Fsp3) is 0.364. The fourth-order valence-electron chi connectivity index (χ4n) is 6.10. The zero-order chi connectivity index (χ0) is 32.9. The second-order valence-electron chi connectivity index (χ2n) is 11.9. The van der Waals surface area contributed by atoms with E-state index in [9.17, 15) is 18.8 Å². The number of nitrogens with one attached hydrogen (secondary N) is 1. The smallest absolute Gasteiger partial charge is 0.248 e. The molecule has 0 radical (unpaired) electrons. The third-order valence-corrected chi connectivity index (χ3v) is 8.98. The van der Waals surface area contributed by atoms with Crippen LogP contribution < -0.4 is 5.32 Å². The first kappa shape index (κ1) is 31.4. The Kier molecular flexibility index (Phi) is 8.20. The van der Waals surface area contributed by atoms with Gasteiger partial charge in [0.25, 0.3) is 0 Å². The number of nitrogens with zero attached hydrogens (tertiary/aromatic N) is 6. The summed E-state index contributed by atoms with van der Waals surface area (Å²) < 4.78 is 21.7. The van der Waals surface area contributed by atoms with Crippen molar-refractivity contribution in [3.05, 3.63) is 63.9 Å². The van der Waals surface area contributed by atoms with Crippen LogP contribution >= 0.6 is 15.9 Å². The lowest BCUT2D eigenvalue weighted by Crippen LogP contribution is -2.48. The van der Waals surface area contributed by atoms with E-state index in [1.165, 1.54) is 28.9 Å². The quantitative estimate of drug-likeness (QED) is 0.170. The number of hydrogen-bond donors (Lipinski definition) is 1. The summed E-state index contributed by atoms with van der Waals surface area (Å²) in [6.45, 7) is 6.59. The summed E-state index contributed by atoms with van der Waals surface area (Å²) in [7, 11) is 0. The number of benzene rings is 1. The van der Waals surface area contributed by atoms with Gasteiger partial charge < -0.3 is 15.0 Å². The van der Waals surface area contributed by atoms with E-state index < -0.39 is 23.7 Å². The highest BCUT2D eigenvalue weighted by Gasteiger charge is 2.45. The molecule has 3 atom stereocenters. The Hall–Kier alpha value is -4.54. The van der Waals surface area contributed by atoms with Crippen LogP contribution in [-0.2, 0) is 26.5 Å². The number of pyridine rings is 1. The molecule has 5 heterocycles. The summed E-state index contributed by atoms with van der Waals surface area (Å²) in [6, 6.07) is 5.82. The average Bonchev–Trinajstić information content (AvgIpc) is 3.55. The van der Waals surface area contributed by atoms with Crippen LogP contribution in [0, 0.1) is 32.1 Å². The van der Waals surface area contributed by atoms with Crippen molar-refractivity contribution in [2.75, 3.05) is 18.5 Å². The Morgan fingerprint density at radius 1 is 1.15 bits per heavy atom. The van der Waals surface area contributed by atoms with Crippen molar-refractivity contribution in [3.8, 4) is 23.5 Å². The number of likely N-dealkylation sites (tertiary alicyclic amines) is 1. The van der Waals surface area contributed by atoms with Crippen LogP contribution in [0.5, 0.6) is 0 Å². The molecular weight excluding hydrogens is 657 g/mol. The summed E-state index contributed by atoms with van der Waals surface area (Å²) in [6.07, 6.45) is 9.33. The molecule has 0 unspecified atom stereocenters. The summed E-state index contributed by atoms with van der Waals surface area (Å²) in [5.74, 6) is 1.93. The largest absolute Gasteiger partial charge is 0.374 e. The number of aromatic nitrogens is 5. The summed E-state index contributed by atoms with van der Waals surface area (Å²) in [4.78, 5) is 54.5. The van der Waals surface area contributed by atoms with Gasteiger partial charge in [-0.3, -0.25) is 19.1 Å². The molecule has 6 rings (SSSR count). The fourth-order valence-corrected chi connectivity index (χ4v) is 6.41. The Morgan fingerprint density at radius 2 is 1.87 bits per heavy atom. The number of halogens is 2. The van der Waals surface area contributed by atoms with Crippen molar-refractivity contribution in [2.45, 2.75) is 58.4 Å². The van der Waals surface area contributed by atoms with Crippen LogP contribution in [-0.4, -0.2) is 72.5 Å². The molecule has 1 aromatic carbocycles. The van der Waals surface area contributed by atoms with Gasteiger partial charge in [-0.1, -0.05) is 18.9 Å². The molecule has 2 amide bonds. The van der Waals surface area contributed by atoms with Gasteiger partial charge in [0, 0.05) is 30.3 Å². The lowest BCUT2D eigenvalue weighted by molar-refractivity contribution is -0.140. The second-order valence-corrected chi connectivity index (χ2v) is 12.7. The lowest BCUT2D eigenvalue weighted by atomic mass is 10.00. The number of Topliss-reactive ketones (excluding diaryl/α,β-unsaturated/α-hetero) is 1. The summed E-state index contributed by atoms with van der Waals surface area (Å²) in [5, 5.41) is 7.95. The van der Waals surface area contributed by atoms with Crippen molar-refractivity contribution in [2.24, 2.45) is 5.92 Å². The third-order valence-electron chi connectivity index (χ3n) is 8.54. The van der Waals surface area contributed by atoms with Crippen molar-refractivity contribution in [1.82, 2.24) is 29.6 Å². The molecule has 2 aliphatic rings. The predicted octanol–water partition coefficient (Wildman–Crippen LogP) is 4.54. The molecule has 0 spiro atoms. The number of carbonyl (C=O) groups excluding carboxylic acids is 3. The molecule has 0 saturated carbocycles. The second kappa shape index (κ2) is 12.0. The number of terminal acetylenes is 1. The van der Waals surface area contributed by atoms with Gasteiger partial charge in [0.15, 0.2) is 11.6 Å². The number of ketones is 1. The van der Waals surface area contributed by atoms with E-state index in [2.05, 4.69) is 47.2 Å². The van der Waals surface area contributed by atoms with Gasteiger partial charge in [-0.25, -0.2) is 19.3 Å². The first-order valence-electron chi connectivity index (χ1n) is 14.7. The molecule has 0 aliphatic carbocycles. The Balaban J connectivity index is 1.31. The SMILES string of the molecule is C#C[C@@H]1[C@@H](C)C[C@@H](C(=O)Nc2nc(Br)ccc2C)N1C(=O)Cn1nc(C(C)=O)c2cc(-c3cnc(C4(F)COC4)nc3)cc(C)c21. The molecule has 236 valence electrons. The molecule has 1 N–H and O–H groups in total. The minimum atomic E-state index is -1.69. The van der Waals surface area contributed by atoms with Crippen LogP contribution in [0.2, 0.25) is 0 Å². The van der Waals surface area contributed by atoms with E-state index in [0.29, 0.717) is 38.9 Å². The van der Waals surface area contributed by atoms with E-state index in [-0.39, 0.29) is 48.9 Å². The van der Waals surface area contributed by atoms with Crippen LogP contribution in [0.3, 0.4) is 0 Å². The first-order chi connectivity index (χ1) is 21.9. The zero-order valence-electron chi connectivity index (χ0n) is 25.7. The maximum atomic E-state index is 14.7. The van der Waals surface area contributed by atoms with Gasteiger partial charge in [-0.2, -0.15) is 5.10 Å². The highest BCUT2D eigenvalue weighted by molar-refractivity contribution is 9.10.